The SMILES string of the molecule is COC(=O)CC1CCN(C(=O)[C@H](c2ccccc2)n2cnnn2)CC1. The van der Waals surface area contributed by atoms with Gasteiger partial charge in [-0.3, -0.25) is 9.59 Å². The van der Waals surface area contributed by atoms with Gasteiger partial charge < -0.3 is 9.64 Å². The number of rotatable bonds is 5. The van der Waals surface area contributed by atoms with Crippen molar-refractivity contribution in [2.75, 3.05) is 20.2 Å². The molecule has 1 atom stereocenters. The number of ether oxygens (including phenoxy) is 1. The summed E-state index contributed by atoms with van der Waals surface area (Å²) in [4.78, 5) is 26.3. The van der Waals surface area contributed by atoms with E-state index in [-0.39, 0.29) is 17.8 Å². The molecule has 1 aromatic heterocycles. The Labute approximate surface area is 145 Å². The van der Waals surface area contributed by atoms with Crippen LogP contribution in [0.5, 0.6) is 0 Å². The summed E-state index contributed by atoms with van der Waals surface area (Å²) in [5.41, 5.74) is 0.844. The normalized spacial score (nSPS) is 16.4. The summed E-state index contributed by atoms with van der Waals surface area (Å²) in [6.07, 6.45) is 3.45. The number of methoxy groups -OCH3 is 1. The van der Waals surface area contributed by atoms with E-state index >= 15 is 0 Å². The fourth-order valence-electron chi connectivity index (χ4n) is 3.18. The fraction of sp³-hybridized carbons (Fsp3) is 0.471. The second-order valence-corrected chi connectivity index (χ2v) is 6.15. The van der Waals surface area contributed by atoms with Gasteiger partial charge in [0.1, 0.15) is 6.33 Å². The Bertz CT molecular complexity index is 696. The highest BCUT2D eigenvalue weighted by atomic mass is 16.5. The predicted octanol–water partition coefficient (Wildman–Crippen LogP) is 1.06. The van der Waals surface area contributed by atoms with Crippen molar-refractivity contribution in [1.82, 2.24) is 25.1 Å². The second kappa shape index (κ2) is 7.87. The Morgan fingerprint density at radius 1 is 1.24 bits per heavy atom. The number of aromatic nitrogens is 4. The molecule has 0 bridgehead atoms. The molecule has 1 saturated heterocycles. The molecule has 2 aromatic rings. The molecular weight excluding hydrogens is 322 g/mol. The number of carbonyl (C=O) groups excluding carboxylic acids is 2. The molecule has 0 N–H and O–H groups in total. The van der Waals surface area contributed by atoms with E-state index < -0.39 is 6.04 Å². The lowest BCUT2D eigenvalue weighted by Crippen LogP contribution is -2.43. The molecule has 1 amide bonds. The molecule has 3 rings (SSSR count). The number of tetrazole rings is 1. The van der Waals surface area contributed by atoms with Crippen molar-refractivity contribution < 1.29 is 14.3 Å². The van der Waals surface area contributed by atoms with Gasteiger partial charge in [0.05, 0.1) is 7.11 Å². The zero-order chi connectivity index (χ0) is 17.6. The molecule has 1 aliphatic heterocycles. The van der Waals surface area contributed by atoms with E-state index in [9.17, 15) is 9.59 Å². The van der Waals surface area contributed by atoms with Crippen molar-refractivity contribution in [3.63, 3.8) is 0 Å². The average molecular weight is 343 g/mol. The third-order valence-electron chi connectivity index (χ3n) is 4.59. The van der Waals surface area contributed by atoms with Crippen molar-refractivity contribution in [3.05, 3.63) is 42.2 Å². The highest BCUT2D eigenvalue weighted by Gasteiger charge is 2.31. The summed E-state index contributed by atoms with van der Waals surface area (Å²) in [7, 11) is 1.40. The van der Waals surface area contributed by atoms with Crippen LogP contribution in [-0.2, 0) is 14.3 Å². The van der Waals surface area contributed by atoms with Gasteiger partial charge in [0, 0.05) is 19.5 Å². The predicted molar refractivity (Wildman–Crippen MR) is 88.3 cm³/mol. The van der Waals surface area contributed by atoms with E-state index in [0.717, 1.165) is 18.4 Å². The zero-order valence-electron chi connectivity index (χ0n) is 14.1. The lowest BCUT2D eigenvalue weighted by molar-refractivity contribution is -0.142. The molecule has 8 nitrogen and oxygen atoms in total. The van der Waals surface area contributed by atoms with Crippen molar-refractivity contribution in [3.8, 4) is 0 Å². The van der Waals surface area contributed by atoms with E-state index in [1.54, 1.807) is 0 Å². The number of piperidine rings is 1. The second-order valence-electron chi connectivity index (χ2n) is 6.15. The maximum Gasteiger partial charge on any atom is 0.305 e. The molecule has 8 heteroatoms. The van der Waals surface area contributed by atoms with Gasteiger partial charge in [0.15, 0.2) is 6.04 Å². The topological polar surface area (TPSA) is 90.2 Å². The van der Waals surface area contributed by atoms with Crippen molar-refractivity contribution >= 4 is 11.9 Å². The van der Waals surface area contributed by atoms with Gasteiger partial charge in [-0.25, -0.2) is 4.68 Å². The number of nitrogens with zero attached hydrogens (tertiary/aromatic N) is 5. The molecule has 2 heterocycles. The van der Waals surface area contributed by atoms with Gasteiger partial charge in [-0.05, 0) is 34.7 Å². The summed E-state index contributed by atoms with van der Waals surface area (Å²) in [6, 6.07) is 8.91. The maximum atomic E-state index is 13.1. The third-order valence-corrected chi connectivity index (χ3v) is 4.59. The minimum absolute atomic E-state index is 0.0324. The molecule has 0 unspecified atom stereocenters. The first-order valence-electron chi connectivity index (χ1n) is 8.32. The molecule has 1 aliphatic rings. The van der Waals surface area contributed by atoms with E-state index in [1.807, 2.05) is 35.2 Å². The first-order valence-corrected chi connectivity index (χ1v) is 8.32. The van der Waals surface area contributed by atoms with Crippen molar-refractivity contribution in [1.29, 1.82) is 0 Å². The Kier molecular flexibility index (Phi) is 5.37. The first kappa shape index (κ1) is 17.1. The van der Waals surface area contributed by atoms with Crippen LogP contribution >= 0.6 is 0 Å². The maximum absolute atomic E-state index is 13.1. The Balaban J connectivity index is 1.71. The average Bonchev–Trinajstić information content (AvgIpc) is 3.17. The minimum Gasteiger partial charge on any atom is -0.469 e. The van der Waals surface area contributed by atoms with Gasteiger partial charge in [-0.15, -0.1) is 5.10 Å². The third kappa shape index (κ3) is 4.01. The highest BCUT2D eigenvalue weighted by Crippen LogP contribution is 2.25. The van der Waals surface area contributed by atoms with Crippen LogP contribution in [0.25, 0.3) is 0 Å². The highest BCUT2D eigenvalue weighted by molar-refractivity contribution is 5.83. The minimum atomic E-state index is -0.576. The number of esters is 1. The van der Waals surface area contributed by atoms with E-state index in [0.29, 0.717) is 19.5 Å². The molecule has 25 heavy (non-hydrogen) atoms. The van der Waals surface area contributed by atoms with Crippen LogP contribution in [0, 0.1) is 5.92 Å². The summed E-state index contributed by atoms with van der Waals surface area (Å²) in [5, 5.41) is 11.2. The summed E-state index contributed by atoms with van der Waals surface area (Å²) < 4.78 is 6.21. The van der Waals surface area contributed by atoms with Crippen LogP contribution in [-0.4, -0.2) is 57.2 Å². The van der Waals surface area contributed by atoms with Crippen LogP contribution in [0.3, 0.4) is 0 Å². The lowest BCUT2D eigenvalue weighted by atomic mass is 9.93. The largest absolute Gasteiger partial charge is 0.469 e. The monoisotopic (exact) mass is 343 g/mol. The smallest absolute Gasteiger partial charge is 0.305 e. The van der Waals surface area contributed by atoms with E-state index in [4.69, 9.17) is 4.74 Å². The van der Waals surface area contributed by atoms with Gasteiger partial charge in [-0.2, -0.15) is 0 Å². The Morgan fingerprint density at radius 3 is 2.56 bits per heavy atom. The number of hydrogen-bond donors (Lipinski definition) is 0. The molecular formula is C17H21N5O3. The number of amides is 1. The van der Waals surface area contributed by atoms with Gasteiger partial charge >= 0.3 is 5.97 Å². The fourth-order valence-corrected chi connectivity index (χ4v) is 3.18. The standard InChI is InChI=1S/C17H21N5O3/c1-25-15(23)11-13-7-9-21(10-8-13)17(24)16(22-12-18-19-20-22)14-5-3-2-4-6-14/h2-6,12-13,16H,7-11H2,1H3/t16-/m0/s1. The van der Waals surface area contributed by atoms with Gasteiger partial charge in [-0.1, -0.05) is 30.3 Å². The summed E-state index contributed by atoms with van der Waals surface area (Å²) in [6.45, 7) is 1.23. The number of carbonyl (C=O) groups is 2. The molecule has 0 saturated carbocycles. The molecule has 132 valence electrons. The molecule has 1 aromatic carbocycles. The van der Waals surface area contributed by atoms with Crippen molar-refractivity contribution in [2.45, 2.75) is 25.3 Å². The zero-order valence-corrected chi connectivity index (χ0v) is 14.1. The van der Waals surface area contributed by atoms with Crippen LogP contribution in [0.4, 0.5) is 0 Å². The van der Waals surface area contributed by atoms with Crippen LogP contribution in [0.2, 0.25) is 0 Å². The first-order chi connectivity index (χ1) is 12.2. The number of benzene rings is 1. The lowest BCUT2D eigenvalue weighted by Gasteiger charge is -2.33. The summed E-state index contributed by atoms with van der Waals surface area (Å²) >= 11 is 0. The van der Waals surface area contributed by atoms with Crippen LogP contribution in [0.1, 0.15) is 30.9 Å². The van der Waals surface area contributed by atoms with Gasteiger partial charge in [0.2, 0.25) is 0 Å². The molecule has 0 spiro atoms. The molecule has 0 radical (unpaired) electrons. The van der Waals surface area contributed by atoms with Crippen LogP contribution < -0.4 is 0 Å². The number of likely N-dealkylation sites (tertiary alicyclic amines) is 1. The van der Waals surface area contributed by atoms with E-state index in [2.05, 4.69) is 15.5 Å². The van der Waals surface area contributed by atoms with E-state index in [1.165, 1.54) is 18.1 Å². The van der Waals surface area contributed by atoms with Crippen LogP contribution in [0.15, 0.2) is 36.7 Å². The van der Waals surface area contributed by atoms with Gasteiger partial charge in [0.25, 0.3) is 5.91 Å². The Hall–Kier alpha value is -2.77. The Morgan fingerprint density at radius 2 is 1.96 bits per heavy atom. The molecule has 0 aliphatic carbocycles. The quantitative estimate of drug-likeness (QED) is 0.754. The molecule has 1 fully saturated rings. The summed E-state index contributed by atoms with van der Waals surface area (Å²) in [5.74, 6) is 0.0374. The van der Waals surface area contributed by atoms with Crippen molar-refractivity contribution in [2.24, 2.45) is 5.92 Å². The number of hydrogen-bond acceptors (Lipinski definition) is 6.